The molecule has 0 aliphatic carbocycles. The fourth-order valence-corrected chi connectivity index (χ4v) is 4.33. The number of para-hydroxylation sites is 1. The SMILES string of the molecule is O=C(c1ccccc1)N1CCc2c([nH]c3ccccc23)[C@@H]1c1ccc([N+](=O)[O-])cc1. The zero-order chi connectivity index (χ0) is 20.7. The molecule has 0 bridgehead atoms. The van der Waals surface area contributed by atoms with Crippen LogP contribution in [0.3, 0.4) is 0 Å². The number of non-ortho nitro benzene ring substituents is 1. The van der Waals surface area contributed by atoms with Crippen LogP contribution in [-0.2, 0) is 6.42 Å². The zero-order valence-corrected chi connectivity index (χ0v) is 16.1. The largest absolute Gasteiger partial charge is 0.356 e. The van der Waals surface area contributed by atoms with E-state index in [9.17, 15) is 14.9 Å². The van der Waals surface area contributed by atoms with Crippen LogP contribution in [0.15, 0.2) is 78.9 Å². The number of hydrogen-bond acceptors (Lipinski definition) is 3. The van der Waals surface area contributed by atoms with Crippen LogP contribution in [0.4, 0.5) is 5.69 Å². The molecule has 148 valence electrons. The summed E-state index contributed by atoms with van der Waals surface area (Å²) >= 11 is 0. The van der Waals surface area contributed by atoms with Gasteiger partial charge in [-0.05, 0) is 47.9 Å². The van der Waals surface area contributed by atoms with Crippen molar-refractivity contribution >= 4 is 22.5 Å². The number of amides is 1. The molecule has 0 radical (unpaired) electrons. The van der Waals surface area contributed by atoms with Gasteiger partial charge in [0.2, 0.25) is 0 Å². The molecule has 3 aromatic carbocycles. The van der Waals surface area contributed by atoms with E-state index in [0.29, 0.717) is 12.1 Å². The summed E-state index contributed by atoms with van der Waals surface area (Å²) in [5, 5.41) is 12.3. The Kier molecular flexibility index (Phi) is 4.32. The normalized spacial score (nSPS) is 15.7. The highest BCUT2D eigenvalue weighted by Gasteiger charge is 2.35. The Labute approximate surface area is 172 Å². The molecule has 0 fully saturated rings. The maximum atomic E-state index is 13.4. The molecule has 1 N–H and O–H groups in total. The summed E-state index contributed by atoms with van der Waals surface area (Å²) in [4.78, 5) is 29.4. The fraction of sp³-hybridized carbons (Fsp3) is 0.125. The zero-order valence-electron chi connectivity index (χ0n) is 16.1. The molecule has 1 atom stereocenters. The second-order valence-electron chi connectivity index (χ2n) is 7.43. The van der Waals surface area contributed by atoms with E-state index in [-0.39, 0.29) is 17.6 Å². The van der Waals surface area contributed by atoms with E-state index < -0.39 is 4.92 Å². The highest BCUT2D eigenvalue weighted by molar-refractivity contribution is 5.95. The maximum absolute atomic E-state index is 13.4. The topological polar surface area (TPSA) is 79.2 Å². The number of nitro benzene ring substituents is 1. The molecular formula is C24H19N3O3. The number of aromatic nitrogens is 1. The average molecular weight is 397 g/mol. The van der Waals surface area contributed by atoms with Crippen molar-refractivity contribution < 1.29 is 9.72 Å². The summed E-state index contributed by atoms with van der Waals surface area (Å²) in [6, 6.07) is 23.5. The first-order valence-corrected chi connectivity index (χ1v) is 9.83. The summed E-state index contributed by atoms with van der Waals surface area (Å²) in [5.74, 6) is -0.0525. The molecule has 0 saturated heterocycles. The molecular weight excluding hydrogens is 378 g/mol. The number of nitrogens with one attached hydrogen (secondary N) is 1. The molecule has 30 heavy (non-hydrogen) atoms. The van der Waals surface area contributed by atoms with E-state index in [1.807, 2.05) is 53.4 Å². The van der Waals surface area contributed by atoms with Crippen LogP contribution in [-0.4, -0.2) is 27.3 Å². The molecule has 1 aliphatic rings. The second kappa shape index (κ2) is 7.15. The Morgan fingerprint density at radius 2 is 1.67 bits per heavy atom. The Morgan fingerprint density at radius 1 is 0.967 bits per heavy atom. The summed E-state index contributed by atoms with van der Waals surface area (Å²) in [6.45, 7) is 0.574. The summed E-state index contributed by atoms with van der Waals surface area (Å²) in [6.07, 6.45) is 0.751. The van der Waals surface area contributed by atoms with Crippen LogP contribution in [0.1, 0.15) is 33.2 Å². The van der Waals surface area contributed by atoms with Gasteiger partial charge in [0.15, 0.2) is 0 Å². The molecule has 0 spiro atoms. The van der Waals surface area contributed by atoms with Crippen LogP contribution >= 0.6 is 0 Å². The van der Waals surface area contributed by atoms with Gasteiger partial charge in [0.05, 0.1) is 11.0 Å². The second-order valence-corrected chi connectivity index (χ2v) is 7.43. The lowest BCUT2D eigenvalue weighted by atomic mass is 9.91. The Hall–Kier alpha value is -3.93. The molecule has 1 amide bonds. The summed E-state index contributed by atoms with van der Waals surface area (Å²) < 4.78 is 0. The van der Waals surface area contributed by atoms with Crippen molar-refractivity contribution in [2.75, 3.05) is 6.54 Å². The quantitative estimate of drug-likeness (QED) is 0.396. The monoisotopic (exact) mass is 397 g/mol. The van der Waals surface area contributed by atoms with Crippen LogP contribution in [0.5, 0.6) is 0 Å². The third-order valence-corrected chi connectivity index (χ3v) is 5.74. The highest BCUT2D eigenvalue weighted by atomic mass is 16.6. The number of fused-ring (bicyclic) bond motifs is 3. The van der Waals surface area contributed by atoms with E-state index in [4.69, 9.17) is 0 Å². The van der Waals surface area contributed by atoms with Gasteiger partial charge in [-0.25, -0.2) is 0 Å². The van der Waals surface area contributed by atoms with E-state index in [1.165, 1.54) is 17.7 Å². The number of hydrogen-bond donors (Lipinski definition) is 1. The van der Waals surface area contributed by atoms with Crippen LogP contribution in [0.2, 0.25) is 0 Å². The number of carbonyl (C=O) groups excluding carboxylic acids is 1. The molecule has 1 aliphatic heterocycles. The van der Waals surface area contributed by atoms with Crippen molar-refractivity contribution in [3.63, 3.8) is 0 Å². The maximum Gasteiger partial charge on any atom is 0.269 e. The number of benzene rings is 3. The first-order valence-electron chi connectivity index (χ1n) is 9.83. The highest BCUT2D eigenvalue weighted by Crippen LogP contribution is 2.39. The van der Waals surface area contributed by atoms with Gasteiger partial charge in [-0.1, -0.05) is 36.4 Å². The van der Waals surface area contributed by atoms with Crippen LogP contribution in [0, 0.1) is 10.1 Å². The minimum Gasteiger partial charge on any atom is -0.356 e. The minimum atomic E-state index is -0.411. The third-order valence-electron chi connectivity index (χ3n) is 5.74. The predicted octanol–water partition coefficient (Wildman–Crippen LogP) is 4.86. The van der Waals surface area contributed by atoms with Crippen molar-refractivity contribution in [3.8, 4) is 0 Å². The Morgan fingerprint density at radius 3 is 2.40 bits per heavy atom. The van der Waals surface area contributed by atoms with Gasteiger partial charge >= 0.3 is 0 Å². The molecule has 5 rings (SSSR count). The van der Waals surface area contributed by atoms with Crippen molar-refractivity contribution in [1.82, 2.24) is 9.88 Å². The number of nitrogens with zero attached hydrogens (tertiary/aromatic N) is 2. The van der Waals surface area contributed by atoms with Gasteiger partial charge in [-0.3, -0.25) is 14.9 Å². The molecule has 0 saturated carbocycles. The first kappa shape index (κ1) is 18.1. The lowest BCUT2D eigenvalue weighted by Crippen LogP contribution is -2.40. The van der Waals surface area contributed by atoms with Crippen molar-refractivity contribution in [2.24, 2.45) is 0 Å². The minimum absolute atomic E-state index is 0.0346. The van der Waals surface area contributed by atoms with Crippen molar-refractivity contribution in [1.29, 1.82) is 0 Å². The number of H-pyrrole nitrogens is 1. The lowest BCUT2D eigenvalue weighted by Gasteiger charge is -2.36. The van der Waals surface area contributed by atoms with E-state index in [2.05, 4.69) is 11.1 Å². The van der Waals surface area contributed by atoms with Gasteiger partial charge in [0, 0.05) is 40.8 Å². The number of aromatic amines is 1. The third kappa shape index (κ3) is 2.93. The van der Waals surface area contributed by atoms with Crippen LogP contribution in [0.25, 0.3) is 10.9 Å². The summed E-state index contributed by atoms with van der Waals surface area (Å²) in [7, 11) is 0. The smallest absolute Gasteiger partial charge is 0.269 e. The first-order chi connectivity index (χ1) is 14.6. The van der Waals surface area contributed by atoms with Gasteiger partial charge in [-0.2, -0.15) is 0 Å². The van der Waals surface area contributed by atoms with E-state index in [1.54, 1.807) is 12.1 Å². The Balaban J connectivity index is 1.65. The molecule has 0 unspecified atom stereocenters. The number of rotatable bonds is 3. The average Bonchev–Trinajstić information content (AvgIpc) is 3.17. The van der Waals surface area contributed by atoms with Gasteiger partial charge in [0.1, 0.15) is 0 Å². The van der Waals surface area contributed by atoms with Crippen molar-refractivity contribution in [2.45, 2.75) is 12.5 Å². The fourth-order valence-electron chi connectivity index (χ4n) is 4.33. The molecule has 2 heterocycles. The summed E-state index contributed by atoms with van der Waals surface area (Å²) in [5.41, 5.74) is 4.71. The predicted molar refractivity (Wildman–Crippen MR) is 114 cm³/mol. The van der Waals surface area contributed by atoms with E-state index in [0.717, 1.165) is 28.6 Å². The number of carbonyl (C=O) groups is 1. The van der Waals surface area contributed by atoms with Gasteiger partial charge < -0.3 is 9.88 Å². The molecule has 6 nitrogen and oxygen atoms in total. The van der Waals surface area contributed by atoms with E-state index >= 15 is 0 Å². The lowest BCUT2D eigenvalue weighted by molar-refractivity contribution is -0.384. The van der Waals surface area contributed by atoms with Crippen molar-refractivity contribution in [3.05, 3.63) is 111 Å². The Bertz CT molecular complexity index is 1250. The molecule has 4 aromatic rings. The number of nitro groups is 1. The molecule has 6 heteroatoms. The molecule has 1 aromatic heterocycles. The van der Waals surface area contributed by atoms with Gasteiger partial charge in [-0.15, -0.1) is 0 Å². The van der Waals surface area contributed by atoms with Gasteiger partial charge in [0.25, 0.3) is 11.6 Å². The van der Waals surface area contributed by atoms with Crippen LogP contribution < -0.4 is 0 Å². The standard InChI is InChI=1S/C24H19N3O3/c28-24(17-6-2-1-3-7-17)26-15-14-20-19-8-4-5-9-21(19)25-22(20)23(26)16-10-12-18(13-11-16)27(29)30/h1-13,23,25H,14-15H2/t23-/m0/s1.